The molecule has 27 heavy (non-hydrogen) atoms. The summed E-state index contributed by atoms with van der Waals surface area (Å²) >= 11 is 1.56. The molecule has 1 N–H and O–H groups in total. The third kappa shape index (κ3) is 4.25. The van der Waals surface area contributed by atoms with Crippen molar-refractivity contribution in [3.05, 3.63) is 29.3 Å². The summed E-state index contributed by atoms with van der Waals surface area (Å²) in [6.45, 7) is 3.06. The Balaban J connectivity index is 1.33. The van der Waals surface area contributed by atoms with Gasteiger partial charge in [-0.2, -0.15) is 0 Å². The minimum atomic E-state index is 0.185. The maximum absolute atomic E-state index is 12.6. The van der Waals surface area contributed by atoms with E-state index >= 15 is 0 Å². The normalized spacial score (nSPS) is 16.7. The SMILES string of the molecule is CNCCC1CCN(C(=O)Cc2csc(-c3ccc4c(c3)OCO4)n2)CC1. The second kappa shape index (κ2) is 8.27. The second-order valence-corrected chi connectivity index (χ2v) is 7.96. The lowest BCUT2D eigenvalue weighted by atomic mass is 9.93. The summed E-state index contributed by atoms with van der Waals surface area (Å²) in [5.41, 5.74) is 1.84. The van der Waals surface area contributed by atoms with Gasteiger partial charge in [-0.25, -0.2) is 4.98 Å². The largest absolute Gasteiger partial charge is 0.454 e. The lowest BCUT2D eigenvalue weighted by Gasteiger charge is -2.32. The molecule has 0 bridgehead atoms. The number of hydrogen-bond acceptors (Lipinski definition) is 6. The number of nitrogens with zero attached hydrogens (tertiary/aromatic N) is 2. The molecular weight excluding hydrogens is 362 g/mol. The molecule has 1 aromatic heterocycles. The zero-order chi connectivity index (χ0) is 18.6. The Kier molecular flexibility index (Phi) is 5.59. The molecule has 4 rings (SSSR count). The van der Waals surface area contributed by atoms with Gasteiger partial charge < -0.3 is 19.7 Å². The van der Waals surface area contributed by atoms with Crippen LogP contribution in [0.2, 0.25) is 0 Å². The number of carbonyl (C=O) groups excluding carboxylic acids is 1. The van der Waals surface area contributed by atoms with Crippen molar-refractivity contribution in [2.75, 3.05) is 33.5 Å². The number of rotatable bonds is 6. The number of amides is 1. The van der Waals surface area contributed by atoms with Crippen LogP contribution in [0.1, 0.15) is 25.0 Å². The molecule has 0 radical (unpaired) electrons. The number of aromatic nitrogens is 1. The molecule has 1 fully saturated rings. The lowest BCUT2D eigenvalue weighted by molar-refractivity contribution is -0.131. The van der Waals surface area contributed by atoms with Crippen molar-refractivity contribution in [3.8, 4) is 22.1 Å². The average Bonchev–Trinajstić information content (AvgIpc) is 3.35. The molecule has 3 heterocycles. The Hall–Kier alpha value is -2.12. The van der Waals surface area contributed by atoms with Crippen LogP contribution >= 0.6 is 11.3 Å². The van der Waals surface area contributed by atoms with E-state index < -0.39 is 0 Å². The number of hydrogen-bond donors (Lipinski definition) is 1. The predicted molar refractivity (Wildman–Crippen MR) is 105 cm³/mol. The van der Waals surface area contributed by atoms with Gasteiger partial charge in [0.25, 0.3) is 0 Å². The van der Waals surface area contributed by atoms with Crippen molar-refractivity contribution in [1.82, 2.24) is 15.2 Å². The Morgan fingerprint density at radius 3 is 2.93 bits per heavy atom. The number of ether oxygens (including phenoxy) is 2. The second-order valence-electron chi connectivity index (χ2n) is 7.11. The van der Waals surface area contributed by atoms with Gasteiger partial charge in [-0.3, -0.25) is 4.79 Å². The Morgan fingerprint density at radius 2 is 2.11 bits per heavy atom. The van der Waals surface area contributed by atoms with E-state index in [0.29, 0.717) is 6.42 Å². The maximum atomic E-state index is 12.6. The molecule has 0 spiro atoms. The molecule has 1 amide bonds. The third-order valence-corrected chi connectivity index (χ3v) is 6.21. The van der Waals surface area contributed by atoms with Crippen LogP contribution < -0.4 is 14.8 Å². The van der Waals surface area contributed by atoms with Gasteiger partial charge in [-0.1, -0.05) is 0 Å². The van der Waals surface area contributed by atoms with E-state index in [9.17, 15) is 4.79 Å². The highest BCUT2D eigenvalue weighted by molar-refractivity contribution is 7.13. The van der Waals surface area contributed by atoms with Crippen LogP contribution in [0, 0.1) is 5.92 Å². The Labute approximate surface area is 163 Å². The zero-order valence-corrected chi connectivity index (χ0v) is 16.4. The van der Waals surface area contributed by atoms with Crippen molar-refractivity contribution in [3.63, 3.8) is 0 Å². The first kappa shape index (κ1) is 18.3. The van der Waals surface area contributed by atoms with E-state index in [2.05, 4.69) is 10.3 Å². The summed E-state index contributed by atoms with van der Waals surface area (Å²) < 4.78 is 10.8. The highest BCUT2D eigenvalue weighted by atomic mass is 32.1. The molecule has 1 saturated heterocycles. The summed E-state index contributed by atoms with van der Waals surface area (Å²) in [6, 6.07) is 5.83. The highest BCUT2D eigenvalue weighted by Crippen LogP contribution is 2.36. The van der Waals surface area contributed by atoms with Gasteiger partial charge in [0.2, 0.25) is 12.7 Å². The van der Waals surface area contributed by atoms with E-state index in [1.807, 2.05) is 35.5 Å². The molecule has 2 aromatic rings. The number of nitrogens with one attached hydrogen (secondary N) is 1. The van der Waals surface area contributed by atoms with Crippen molar-refractivity contribution >= 4 is 17.2 Å². The van der Waals surface area contributed by atoms with Crippen molar-refractivity contribution in [2.45, 2.75) is 25.7 Å². The minimum Gasteiger partial charge on any atom is -0.454 e. The van der Waals surface area contributed by atoms with E-state index in [4.69, 9.17) is 9.47 Å². The molecule has 0 saturated carbocycles. The fraction of sp³-hybridized carbons (Fsp3) is 0.500. The smallest absolute Gasteiger partial charge is 0.231 e. The molecule has 0 unspecified atom stereocenters. The molecule has 144 valence electrons. The van der Waals surface area contributed by atoms with Gasteiger partial charge in [-0.05, 0) is 57.0 Å². The number of thiazole rings is 1. The third-order valence-electron chi connectivity index (χ3n) is 5.27. The van der Waals surface area contributed by atoms with Gasteiger partial charge in [0.1, 0.15) is 5.01 Å². The van der Waals surface area contributed by atoms with Crippen LogP contribution in [0.25, 0.3) is 10.6 Å². The molecule has 0 aliphatic carbocycles. The van der Waals surface area contributed by atoms with Crippen molar-refractivity contribution in [2.24, 2.45) is 5.92 Å². The number of carbonyl (C=O) groups is 1. The van der Waals surface area contributed by atoms with Crippen LogP contribution in [0.5, 0.6) is 11.5 Å². The summed E-state index contributed by atoms with van der Waals surface area (Å²) in [7, 11) is 1.99. The number of fused-ring (bicyclic) bond motifs is 1. The van der Waals surface area contributed by atoms with Crippen LogP contribution in [-0.4, -0.2) is 49.3 Å². The molecule has 7 heteroatoms. The van der Waals surface area contributed by atoms with Gasteiger partial charge in [0.05, 0.1) is 12.1 Å². The van der Waals surface area contributed by atoms with Gasteiger partial charge >= 0.3 is 0 Å². The van der Waals surface area contributed by atoms with E-state index in [-0.39, 0.29) is 12.7 Å². The number of piperidine rings is 1. The summed E-state index contributed by atoms with van der Waals surface area (Å²) in [5, 5.41) is 6.10. The molecule has 0 atom stereocenters. The first-order valence-electron chi connectivity index (χ1n) is 9.49. The van der Waals surface area contributed by atoms with Crippen LogP contribution in [-0.2, 0) is 11.2 Å². The summed E-state index contributed by atoms with van der Waals surface area (Å²) in [6.07, 6.45) is 3.78. The monoisotopic (exact) mass is 387 g/mol. The van der Waals surface area contributed by atoms with Gasteiger partial charge in [0, 0.05) is 24.0 Å². The van der Waals surface area contributed by atoms with Gasteiger partial charge in [0.15, 0.2) is 11.5 Å². The predicted octanol–water partition coefficient (Wildman–Crippen LogP) is 2.93. The molecular formula is C20H25N3O3S. The lowest BCUT2D eigenvalue weighted by Crippen LogP contribution is -2.39. The standard InChI is InChI=1S/C20H25N3O3S/c1-21-7-4-14-5-8-23(9-6-14)19(24)11-16-12-27-20(22-16)15-2-3-17-18(10-15)26-13-25-17/h2-3,10,12,14,21H,4-9,11,13H2,1H3. The van der Waals surface area contributed by atoms with Crippen molar-refractivity contribution in [1.29, 1.82) is 0 Å². The van der Waals surface area contributed by atoms with Crippen molar-refractivity contribution < 1.29 is 14.3 Å². The van der Waals surface area contributed by atoms with Crippen LogP contribution in [0.3, 0.4) is 0 Å². The Morgan fingerprint density at radius 1 is 1.30 bits per heavy atom. The summed E-state index contributed by atoms with van der Waals surface area (Å²) in [5.74, 6) is 2.44. The first-order valence-corrected chi connectivity index (χ1v) is 10.4. The van der Waals surface area contributed by atoms with E-state index in [1.54, 1.807) is 11.3 Å². The quantitative estimate of drug-likeness (QED) is 0.826. The number of likely N-dealkylation sites (tertiary alicyclic amines) is 1. The zero-order valence-electron chi connectivity index (χ0n) is 15.6. The summed E-state index contributed by atoms with van der Waals surface area (Å²) in [4.78, 5) is 19.3. The maximum Gasteiger partial charge on any atom is 0.231 e. The number of benzene rings is 1. The van der Waals surface area contributed by atoms with Crippen LogP contribution in [0.4, 0.5) is 0 Å². The molecule has 1 aromatic carbocycles. The fourth-order valence-corrected chi connectivity index (χ4v) is 4.45. The first-order chi connectivity index (χ1) is 13.2. The molecule has 6 nitrogen and oxygen atoms in total. The molecule has 2 aliphatic rings. The highest BCUT2D eigenvalue weighted by Gasteiger charge is 2.23. The minimum absolute atomic E-state index is 0.185. The topological polar surface area (TPSA) is 63.7 Å². The molecule has 2 aliphatic heterocycles. The van der Waals surface area contributed by atoms with E-state index in [1.165, 1.54) is 6.42 Å². The Bertz CT molecular complexity index is 800. The van der Waals surface area contributed by atoms with Crippen LogP contribution in [0.15, 0.2) is 23.6 Å². The average molecular weight is 388 g/mol. The van der Waals surface area contributed by atoms with E-state index in [0.717, 1.165) is 66.2 Å². The fourth-order valence-electron chi connectivity index (χ4n) is 3.64. The van der Waals surface area contributed by atoms with Gasteiger partial charge in [-0.15, -0.1) is 11.3 Å².